The summed E-state index contributed by atoms with van der Waals surface area (Å²) in [6, 6.07) is 5.56. The number of halogens is 1. The van der Waals surface area contributed by atoms with Crippen LogP contribution in [-0.4, -0.2) is 11.9 Å². The Morgan fingerprint density at radius 1 is 1.44 bits per heavy atom. The number of rotatable bonds is 2. The van der Waals surface area contributed by atoms with Crippen molar-refractivity contribution in [3.05, 3.63) is 28.8 Å². The topological polar surface area (TPSA) is 26.3 Å². The highest BCUT2D eigenvalue weighted by atomic mass is 35.5. The lowest BCUT2D eigenvalue weighted by molar-refractivity contribution is -0.148. The molecule has 1 aliphatic carbocycles. The van der Waals surface area contributed by atoms with E-state index in [9.17, 15) is 4.79 Å². The average Bonchev–Trinajstić information content (AvgIpc) is 2.23. The smallest absolute Gasteiger partial charge is 0.145 e. The second-order valence-corrected chi connectivity index (χ2v) is 5.30. The van der Waals surface area contributed by atoms with Gasteiger partial charge in [0.2, 0.25) is 0 Å². The van der Waals surface area contributed by atoms with E-state index < -0.39 is 0 Å². The van der Waals surface area contributed by atoms with Crippen molar-refractivity contribution < 1.29 is 9.53 Å². The number of ether oxygens (including phenoxy) is 1. The molecule has 2 nitrogen and oxygen atoms in total. The molecule has 3 heteroatoms. The van der Waals surface area contributed by atoms with Gasteiger partial charge >= 0.3 is 0 Å². The Bertz CT molecular complexity index is 438. The molecule has 1 aromatic carbocycles. The molecule has 1 unspecified atom stereocenters. The fourth-order valence-electron chi connectivity index (χ4n) is 1.78. The molecular formula is C13H15ClO2. The number of hydrogen-bond acceptors (Lipinski definition) is 2. The van der Waals surface area contributed by atoms with Gasteiger partial charge in [0.15, 0.2) is 0 Å². The Balaban J connectivity index is 2.16. The fourth-order valence-corrected chi connectivity index (χ4v) is 1.94. The molecule has 1 saturated carbocycles. The van der Waals surface area contributed by atoms with E-state index in [4.69, 9.17) is 16.3 Å². The number of aryl methyl sites for hydroxylation is 1. The average molecular weight is 239 g/mol. The monoisotopic (exact) mass is 238 g/mol. The van der Waals surface area contributed by atoms with Gasteiger partial charge in [0.05, 0.1) is 5.41 Å². The maximum absolute atomic E-state index is 11.4. The van der Waals surface area contributed by atoms with Crippen LogP contribution >= 0.6 is 11.6 Å². The van der Waals surface area contributed by atoms with Crippen LogP contribution in [0, 0.1) is 12.3 Å². The van der Waals surface area contributed by atoms with Gasteiger partial charge in [0, 0.05) is 11.4 Å². The van der Waals surface area contributed by atoms with E-state index in [0.29, 0.717) is 11.4 Å². The lowest BCUT2D eigenvalue weighted by atomic mass is 9.68. The second kappa shape index (κ2) is 3.77. The van der Waals surface area contributed by atoms with Crippen molar-refractivity contribution in [3.63, 3.8) is 0 Å². The van der Waals surface area contributed by atoms with Crippen LogP contribution in [0.2, 0.25) is 5.02 Å². The Labute approximate surface area is 101 Å². The van der Waals surface area contributed by atoms with Gasteiger partial charge in [-0.25, -0.2) is 0 Å². The highest BCUT2D eigenvalue weighted by molar-refractivity contribution is 6.30. The summed E-state index contributed by atoms with van der Waals surface area (Å²) >= 11 is 5.91. The van der Waals surface area contributed by atoms with Crippen LogP contribution in [0.4, 0.5) is 0 Å². The maximum atomic E-state index is 11.4. The first-order chi connectivity index (χ1) is 7.41. The zero-order chi connectivity index (χ0) is 11.9. The van der Waals surface area contributed by atoms with Gasteiger partial charge in [0.25, 0.3) is 0 Å². The highest BCUT2D eigenvalue weighted by Crippen LogP contribution is 2.40. The Hall–Kier alpha value is -1.02. The zero-order valence-corrected chi connectivity index (χ0v) is 10.5. The zero-order valence-electron chi connectivity index (χ0n) is 9.71. The van der Waals surface area contributed by atoms with Crippen molar-refractivity contribution in [2.24, 2.45) is 5.41 Å². The Morgan fingerprint density at radius 3 is 2.69 bits per heavy atom. The van der Waals surface area contributed by atoms with Gasteiger partial charge in [-0.1, -0.05) is 17.7 Å². The standard InChI is InChI=1S/C13H15ClO2/c1-8-4-5-9(14)6-10(8)16-12-7-11(15)13(12,2)3/h4-6,12H,7H2,1-3H3. The van der Waals surface area contributed by atoms with Crippen LogP contribution in [0.3, 0.4) is 0 Å². The number of ketones is 1. The molecule has 1 fully saturated rings. The van der Waals surface area contributed by atoms with Crippen LogP contribution < -0.4 is 4.74 Å². The number of carbonyl (C=O) groups excluding carboxylic acids is 1. The third-order valence-electron chi connectivity index (χ3n) is 3.31. The molecule has 1 aromatic rings. The molecule has 0 saturated heterocycles. The molecule has 86 valence electrons. The van der Waals surface area contributed by atoms with E-state index in [2.05, 4.69) is 0 Å². The molecule has 0 bridgehead atoms. The molecule has 0 aromatic heterocycles. The van der Waals surface area contributed by atoms with Crippen LogP contribution in [0.25, 0.3) is 0 Å². The van der Waals surface area contributed by atoms with Gasteiger partial charge in [-0.2, -0.15) is 0 Å². The molecule has 1 aliphatic rings. The summed E-state index contributed by atoms with van der Waals surface area (Å²) in [6.07, 6.45) is 0.469. The Morgan fingerprint density at radius 2 is 2.12 bits per heavy atom. The predicted octanol–water partition coefficient (Wildman–Crippen LogP) is 3.39. The summed E-state index contributed by atoms with van der Waals surface area (Å²) in [5.41, 5.74) is 0.675. The van der Waals surface area contributed by atoms with Gasteiger partial charge in [-0.05, 0) is 38.5 Å². The first-order valence-corrected chi connectivity index (χ1v) is 5.75. The lowest BCUT2D eigenvalue weighted by Gasteiger charge is -2.42. The predicted molar refractivity (Wildman–Crippen MR) is 64.0 cm³/mol. The molecule has 0 spiro atoms. The molecule has 0 amide bonds. The van der Waals surface area contributed by atoms with Crippen LogP contribution in [0.15, 0.2) is 18.2 Å². The van der Waals surface area contributed by atoms with E-state index in [1.165, 1.54) is 0 Å². The molecule has 2 rings (SSSR count). The summed E-state index contributed by atoms with van der Waals surface area (Å²) < 4.78 is 5.84. The summed E-state index contributed by atoms with van der Waals surface area (Å²) in [6.45, 7) is 5.81. The second-order valence-electron chi connectivity index (χ2n) is 4.87. The van der Waals surface area contributed by atoms with E-state index in [1.807, 2.05) is 32.9 Å². The van der Waals surface area contributed by atoms with Gasteiger partial charge in [-0.15, -0.1) is 0 Å². The lowest BCUT2D eigenvalue weighted by Crippen LogP contribution is -2.53. The van der Waals surface area contributed by atoms with Crippen LogP contribution in [0.1, 0.15) is 25.8 Å². The summed E-state index contributed by atoms with van der Waals surface area (Å²) in [4.78, 5) is 11.4. The summed E-state index contributed by atoms with van der Waals surface area (Å²) in [5, 5.41) is 0.657. The van der Waals surface area contributed by atoms with Crippen molar-refractivity contribution in [3.8, 4) is 5.75 Å². The minimum absolute atomic E-state index is 0.0304. The van der Waals surface area contributed by atoms with Crippen molar-refractivity contribution in [1.29, 1.82) is 0 Å². The highest BCUT2D eigenvalue weighted by Gasteiger charge is 2.49. The molecule has 0 aliphatic heterocycles. The molecular weight excluding hydrogens is 224 g/mol. The normalized spacial score (nSPS) is 22.8. The SMILES string of the molecule is Cc1ccc(Cl)cc1OC1CC(=O)C1(C)C. The summed E-state index contributed by atoms with van der Waals surface area (Å²) in [5.74, 6) is 1.04. The first kappa shape index (κ1) is 11.5. The number of benzene rings is 1. The van der Waals surface area contributed by atoms with E-state index in [1.54, 1.807) is 6.07 Å². The van der Waals surface area contributed by atoms with Crippen molar-refractivity contribution in [1.82, 2.24) is 0 Å². The third-order valence-corrected chi connectivity index (χ3v) is 3.55. The molecule has 1 atom stereocenters. The van der Waals surface area contributed by atoms with Crippen LogP contribution in [-0.2, 0) is 4.79 Å². The maximum Gasteiger partial charge on any atom is 0.145 e. The van der Waals surface area contributed by atoms with E-state index in [0.717, 1.165) is 11.3 Å². The number of hydrogen-bond donors (Lipinski definition) is 0. The van der Waals surface area contributed by atoms with Gasteiger partial charge < -0.3 is 4.74 Å². The van der Waals surface area contributed by atoms with Gasteiger partial charge in [0.1, 0.15) is 17.6 Å². The quantitative estimate of drug-likeness (QED) is 0.790. The largest absolute Gasteiger partial charge is 0.489 e. The molecule has 16 heavy (non-hydrogen) atoms. The Kier molecular flexibility index (Phi) is 2.70. The van der Waals surface area contributed by atoms with Gasteiger partial charge in [-0.3, -0.25) is 4.79 Å². The third kappa shape index (κ3) is 1.82. The van der Waals surface area contributed by atoms with Crippen molar-refractivity contribution in [2.75, 3.05) is 0 Å². The number of carbonyl (C=O) groups is 1. The van der Waals surface area contributed by atoms with E-state index >= 15 is 0 Å². The minimum Gasteiger partial charge on any atom is -0.489 e. The van der Waals surface area contributed by atoms with Crippen LogP contribution in [0.5, 0.6) is 5.75 Å². The molecule has 0 N–H and O–H groups in total. The number of Topliss-reactive ketones (excluding diaryl/α,β-unsaturated/α-hetero) is 1. The molecule has 0 heterocycles. The fraction of sp³-hybridized carbons (Fsp3) is 0.462. The minimum atomic E-state index is -0.366. The van der Waals surface area contributed by atoms with E-state index in [-0.39, 0.29) is 17.3 Å². The molecule has 0 radical (unpaired) electrons. The first-order valence-electron chi connectivity index (χ1n) is 5.37. The summed E-state index contributed by atoms with van der Waals surface area (Å²) in [7, 11) is 0. The van der Waals surface area contributed by atoms with Crippen molar-refractivity contribution in [2.45, 2.75) is 33.3 Å². The van der Waals surface area contributed by atoms with Crippen molar-refractivity contribution >= 4 is 17.4 Å².